The third kappa shape index (κ3) is 1.13. The highest BCUT2D eigenvalue weighted by molar-refractivity contribution is 9.10. The maximum Gasteiger partial charge on any atom is 0.168 e. The zero-order chi connectivity index (χ0) is 8.55. The van der Waals surface area contributed by atoms with E-state index < -0.39 is 0 Å². The molecule has 1 aromatic heterocycles. The summed E-state index contributed by atoms with van der Waals surface area (Å²) in [5.74, 6) is 0. The molecule has 4 heteroatoms. The molecule has 0 radical (unpaired) electrons. The predicted molar refractivity (Wildman–Crippen MR) is 49.6 cm³/mol. The Morgan fingerprint density at radius 3 is 3.08 bits per heavy atom. The minimum atomic E-state index is 0.522. The van der Waals surface area contributed by atoms with Crippen LogP contribution in [0.2, 0.25) is 0 Å². The summed E-state index contributed by atoms with van der Waals surface area (Å²) in [6.07, 6.45) is 0. The van der Waals surface area contributed by atoms with Gasteiger partial charge in [0.1, 0.15) is 0 Å². The van der Waals surface area contributed by atoms with Crippen LogP contribution < -0.4 is 5.73 Å². The minimum absolute atomic E-state index is 0.522. The van der Waals surface area contributed by atoms with E-state index >= 15 is 0 Å². The molecule has 0 aliphatic rings. The molecule has 0 fully saturated rings. The molecule has 2 rings (SSSR count). The van der Waals surface area contributed by atoms with Gasteiger partial charge in [-0.3, -0.25) is 0 Å². The Morgan fingerprint density at radius 2 is 2.33 bits per heavy atom. The Labute approximate surface area is 77.7 Å². The zero-order valence-corrected chi connectivity index (χ0v) is 7.84. The van der Waals surface area contributed by atoms with Gasteiger partial charge in [-0.1, -0.05) is 11.2 Å². The van der Waals surface area contributed by atoms with Gasteiger partial charge in [0.2, 0.25) is 0 Å². The van der Waals surface area contributed by atoms with E-state index in [9.17, 15) is 0 Å². The summed E-state index contributed by atoms with van der Waals surface area (Å²) in [5, 5.41) is 4.75. The molecule has 0 bridgehead atoms. The summed E-state index contributed by atoms with van der Waals surface area (Å²) in [7, 11) is 0. The third-order valence-corrected chi connectivity index (χ3v) is 2.30. The molecule has 0 saturated heterocycles. The van der Waals surface area contributed by atoms with Crippen molar-refractivity contribution in [1.82, 2.24) is 5.16 Å². The fourth-order valence-electron chi connectivity index (χ4n) is 1.08. The third-order valence-electron chi connectivity index (χ3n) is 1.73. The summed E-state index contributed by atoms with van der Waals surface area (Å²) in [6.45, 7) is 0.522. The lowest BCUT2D eigenvalue weighted by Gasteiger charge is -1.93. The Balaban J connectivity index is 2.69. The number of nitrogens with zero attached hydrogens (tertiary/aromatic N) is 1. The van der Waals surface area contributed by atoms with Gasteiger partial charge in [0, 0.05) is 6.54 Å². The SMILES string of the molecule is NCc1ccc2c(Br)noc2c1. The Hall–Kier alpha value is -0.870. The van der Waals surface area contributed by atoms with E-state index in [1.807, 2.05) is 18.2 Å². The van der Waals surface area contributed by atoms with Crippen molar-refractivity contribution in [2.24, 2.45) is 5.73 Å². The first-order valence-corrected chi connectivity index (χ1v) is 4.34. The average molecular weight is 227 g/mol. The number of hydrogen-bond donors (Lipinski definition) is 1. The molecule has 1 heterocycles. The van der Waals surface area contributed by atoms with E-state index in [1.54, 1.807) is 0 Å². The van der Waals surface area contributed by atoms with Crippen LogP contribution in [0.1, 0.15) is 5.56 Å². The molecule has 0 aliphatic heterocycles. The average Bonchev–Trinajstić information content (AvgIpc) is 2.47. The molecular weight excluding hydrogens is 220 g/mol. The standard InChI is InChI=1S/C8H7BrN2O/c9-8-6-2-1-5(4-10)3-7(6)12-11-8/h1-3H,4,10H2. The molecule has 62 valence electrons. The first-order valence-electron chi connectivity index (χ1n) is 3.55. The van der Waals surface area contributed by atoms with E-state index in [2.05, 4.69) is 21.1 Å². The smallest absolute Gasteiger partial charge is 0.168 e. The van der Waals surface area contributed by atoms with Crippen molar-refractivity contribution in [1.29, 1.82) is 0 Å². The van der Waals surface area contributed by atoms with Crippen molar-refractivity contribution < 1.29 is 4.52 Å². The fourth-order valence-corrected chi connectivity index (χ4v) is 1.48. The number of aromatic nitrogens is 1. The Kier molecular flexibility index (Phi) is 1.86. The van der Waals surface area contributed by atoms with Gasteiger partial charge in [-0.2, -0.15) is 0 Å². The molecule has 1 aromatic carbocycles. The van der Waals surface area contributed by atoms with Gasteiger partial charge in [0.25, 0.3) is 0 Å². The normalized spacial score (nSPS) is 10.8. The number of fused-ring (bicyclic) bond motifs is 1. The number of nitrogens with two attached hydrogens (primary N) is 1. The second-order valence-electron chi connectivity index (χ2n) is 2.51. The summed E-state index contributed by atoms with van der Waals surface area (Å²) in [5.41, 5.74) is 7.29. The highest BCUT2D eigenvalue weighted by atomic mass is 79.9. The zero-order valence-electron chi connectivity index (χ0n) is 6.25. The minimum Gasteiger partial charge on any atom is -0.355 e. The number of halogens is 1. The van der Waals surface area contributed by atoms with E-state index in [-0.39, 0.29) is 0 Å². The lowest BCUT2D eigenvalue weighted by molar-refractivity contribution is 0.451. The van der Waals surface area contributed by atoms with Crippen LogP contribution in [0.4, 0.5) is 0 Å². The summed E-state index contributed by atoms with van der Waals surface area (Å²) < 4.78 is 5.78. The molecule has 2 aromatic rings. The Bertz CT molecular complexity index is 410. The van der Waals surface area contributed by atoms with E-state index in [0.29, 0.717) is 6.54 Å². The van der Waals surface area contributed by atoms with Crippen LogP contribution in [0.3, 0.4) is 0 Å². The maximum atomic E-state index is 5.47. The highest BCUT2D eigenvalue weighted by Gasteiger charge is 2.04. The van der Waals surface area contributed by atoms with Crippen LogP contribution in [0.5, 0.6) is 0 Å². The van der Waals surface area contributed by atoms with Crippen LogP contribution in [0.15, 0.2) is 27.3 Å². The monoisotopic (exact) mass is 226 g/mol. The van der Waals surface area contributed by atoms with Crippen LogP contribution in [0.25, 0.3) is 11.0 Å². The van der Waals surface area contributed by atoms with Gasteiger partial charge < -0.3 is 10.3 Å². The number of hydrogen-bond acceptors (Lipinski definition) is 3. The second-order valence-corrected chi connectivity index (χ2v) is 3.26. The van der Waals surface area contributed by atoms with Gasteiger partial charge >= 0.3 is 0 Å². The van der Waals surface area contributed by atoms with Crippen LogP contribution in [-0.2, 0) is 6.54 Å². The first-order chi connectivity index (χ1) is 5.81. The molecule has 12 heavy (non-hydrogen) atoms. The first kappa shape index (κ1) is 7.76. The van der Waals surface area contributed by atoms with E-state index in [0.717, 1.165) is 21.1 Å². The molecule has 0 unspecified atom stereocenters. The van der Waals surface area contributed by atoms with E-state index in [4.69, 9.17) is 10.3 Å². The number of rotatable bonds is 1. The summed E-state index contributed by atoms with van der Waals surface area (Å²) in [6, 6.07) is 5.80. The van der Waals surface area contributed by atoms with Crippen LogP contribution >= 0.6 is 15.9 Å². The van der Waals surface area contributed by atoms with E-state index in [1.165, 1.54) is 0 Å². The van der Waals surface area contributed by atoms with Crippen molar-refractivity contribution in [2.75, 3.05) is 0 Å². The quantitative estimate of drug-likeness (QED) is 0.810. The summed E-state index contributed by atoms with van der Waals surface area (Å²) >= 11 is 3.28. The predicted octanol–water partition coefficient (Wildman–Crippen LogP) is 2.05. The lowest BCUT2D eigenvalue weighted by Crippen LogP contribution is -1.94. The van der Waals surface area contributed by atoms with Crippen molar-refractivity contribution in [3.8, 4) is 0 Å². The van der Waals surface area contributed by atoms with Crippen LogP contribution in [-0.4, -0.2) is 5.16 Å². The van der Waals surface area contributed by atoms with Crippen molar-refractivity contribution in [2.45, 2.75) is 6.54 Å². The molecule has 0 saturated carbocycles. The van der Waals surface area contributed by atoms with Gasteiger partial charge in [0.05, 0.1) is 5.39 Å². The lowest BCUT2D eigenvalue weighted by atomic mass is 10.2. The van der Waals surface area contributed by atoms with Gasteiger partial charge in [0.15, 0.2) is 10.2 Å². The fraction of sp³-hybridized carbons (Fsp3) is 0.125. The van der Waals surface area contributed by atoms with Gasteiger partial charge in [-0.25, -0.2) is 0 Å². The van der Waals surface area contributed by atoms with Gasteiger partial charge in [-0.05, 0) is 33.6 Å². The molecule has 0 atom stereocenters. The molecule has 2 N–H and O–H groups in total. The molecular formula is C8H7BrN2O. The van der Waals surface area contributed by atoms with Crippen LogP contribution in [0, 0.1) is 0 Å². The molecule has 0 spiro atoms. The molecule has 0 amide bonds. The molecule has 3 nitrogen and oxygen atoms in total. The second kappa shape index (κ2) is 2.88. The number of benzene rings is 1. The van der Waals surface area contributed by atoms with Crippen molar-refractivity contribution in [3.63, 3.8) is 0 Å². The highest BCUT2D eigenvalue weighted by Crippen LogP contribution is 2.23. The van der Waals surface area contributed by atoms with Crippen molar-refractivity contribution in [3.05, 3.63) is 28.4 Å². The topological polar surface area (TPSA) is 52.0 Å². The van der Waals surface area contributed by atoms with Gasteiger partial charge in [-0.15, -0.1) is 0 Å². The van der Waals surface area contributed by atoms with Crippen molar-refractivity contribution >= 4 is 26.9 Å². The molecule has 0 aliphatic carbocycles. The maximum absolute atomic E-state index is 5.47. The summed E-state index contributed by atoms with van der Waals surface area (Å²) in [4.78, 5) is 0. The largest absolute Gasteiger partial charge is 0.355 e. The Morgan fingerprint density at radius 1 is 1.50 bits per heavy atom.